The van der Waals surface area contributed by atoms with Gasteiger partial charge >= 0.3 is 0 Å². The molecule has 1 atom stereocenters. The van der Waals surface area contributed by atoms with Crippen LogP contribution in [0.25, 0.3) is 0 Å². The highest BCUT2D eigenvalue weighted by Gasteiger charge is 2.10. The lowest BCUT2D eigenvalue weighted by molar-refractivity contribution is 0.0790. The minimum Gasteiger partial charge on any atom is -0.471 e. The summed E-state index contributed by atoms with van der Waals surface area (Å²) in [5.74, 6) is 0.271. The summed E-state index contributed by atoms with van der Waals surface area (Å²) in [7, 11) is 0. The van der Waals surface area contributed by atoms with Gasteiger partial charge in [-0.05, 0) is 25.0 Å². The van der Waals surface area contributed by atoms with Crippen molar-refractivity contribution in [1.29, 1.82) is 0 Å². The number of alkyl halides is 2. The van der Waals surface area contributed by atoms with E-state index in [1.165, 1.54) is 0 Å². The molecule has 0 aliphatic carbocycles. The summed E-state index contributed by atoms with van der Waals surface area (Å²) >= 11 is 0. The van der Waals surface area contributed by atoms with Crippen LogP contribution in [0.5, 0.6) is 5.88 Å². The smallest absolute Gasteiger partial charge is 0.272 e. The second kappa shape index (κ2) is 7.40. The van der Waals surface area contributed by atoms with Crippen molar-refractivity contribution in [3.63, 3.8) is 0 Å². The van der Waals surface area contributed by atoms with Gasteiger partial charge in [-0.1, -0.05) is 6.92 Å². The number of hydrogen-bond acceptors (Lipinski definition) is 3. The van der Waals surface area contributed by atoms with E-state index in [-0.39, 0.29) is 24.3 Å². The first-order chi connectivity index (χ1) is 7.54. The van der Waals surface area contributed by atoms with Crippen molar-refractivity contribution in [1.82, 2.24) is 4.98 Å². The van der Waals surface area contributed by atoms with Crippen LogP contribution in [0.15, 0.2) is 12.3 Å². The van der Waals surface area contributed by atoms with E-state index in [4.69, 9.17) is 10.5 Å². The Hall–Kier alpha value is -0.940. The lowest BCUT2D eigenvalue weighted by Gasteiger charge is -2.12. The molecule has 0 saturated carbocycles. The maximum absolute atomic E-state index is 12.0. The highest BCUT2D eigenvalue weighted by Crippen LogP contribution is 2.20. The largest absolute Gasteiger partial charge is 0.471 e. The molecule has 0 spiro atoms. The van der Waals surface area contributed by atoms with E-state index in [1.54, 1.807) is 6.20 Å². The molecule has 1 aromatic rings. The Morgan fingerprint density at radius 1 is 1.47 bits per heavy atom. The molecule has 1 heterocycles. The number of aryl methyl sites for hydroxylation is 1. The SMILES string of the molecule is CCc1cc(C(C)N)cnc1OCC(F)F.Cl. The minimum atomic E-state index is -2.49. The number of halogens is 3. The first kappa shape index (κ1) is 16.1. The zero-order chi connectivity index (χ0) is 12.1. The number of rotatable bonds is 5. The molecule has 0 radical (unpaired) electrons. The lowest BCUT2D eigenvalue weighted by Crippen LogP contribution is -2.11. The third-order valence-corrected chi connectivity index (χ3v) is 2.20. The first-order valence-corrected chi connectivity index (χ1v) is 5.20. The molecule has 0 aliphatic rings. The summed E-state index contributed by atoms with van der Waals surface area (Å²) in [6.45, 7) is 3.13. The highest BCUT2D eigenvalue weighted by atomic mass is 35.5. The summed E-state index contributed by atoms with van der Waals surface area (Å²) < 4.78 is 28.9. The molecule has 3 nitrogen and oxygen atoms in total. The van der Waals surface area contributed by atoms with Crippen molar-refractivity contribution >= 4 is 12.4 Å². The van der Waals surface area contributed by atoms with E-state index in [0.717, 1.165) is 11.1 Å². The normalized spacial score (nSPS) is 12.1. The van der Waals surface area contributed by atoms with Gasteiger partial charge in [-0.3, -0.25) is 0 Å². The van der Waals surface area contributed by atoms with E-state index in [2.05, 4.69) is 4.98 Å². The van der Waals surface area contributed by atoms with Crippen LogP contribution in [-0.4, -0.2) is 18.0 Å². The average molecular weight is 267 g/mol. The molecule has 0 aliphatic heterocycles. The molecule has 0 amide bonds. The van der Waals surface area contributed by atoms with Gasteiger partial charge in [-0.2, -0.15) is 0 Å². The Balaban J connectivity index is 0.00000256. The molecule has 98 valence electrons. The average Bonchev–Trinajstić information content (AvgIpc) is 2.25. The number of ether oxygens (including phenoxy) is 1. The Kier molecular flexibility index (Phi) is 6.99. The van der Waals surface area contributed by atoms with Crippen molar-refractivity contribution in [3.8, 4) is 5.88 Å². The molecule has 1 unspecified atom stereocenters. The van der Waals surface area contributed by atoms with Gasteiger partial charge in [0.15, 0.2) is 6.61 Å². The molecule has 1 rings (SSSR count). The third kappa shape index (κ3) is 4.83. The minimum absolute atomic E-state index is 0. The van der Waals surface area contributed by atoms with Crippen molar-refractivity contribution in [2.45, 2.75) is 32.7 Å². The maximum atomic E-state index is 12.0. The Morgan fingerprint density at radius 3 is 2.59 bits per heavy atom. The highest BCUT2D eigenvalue weighted by molar-refractivity contribution is 5.85. The van der Waals surface area contributed by atoms with Gasteiger partial charge in [-0.15, -0.1) is 12.4 Å². The Morgan fingerprint density at radius 2 is 2.12 bits per heavy atom. The Labute approximate surface area is 106 Å². The molecule has 0 saturated heterocycles. The van der Waals surface area contributed by atoms with E-state index < -0.39 is 13.0 Å². The number of pyridine rings is 1. The lowest BCUT2D eigenvalue weighted by atomic mass is 10.1. The maximum Gasteiger partial charge on any atom is 0.272 e. The number of nitrogens with zero attached hydrogens (tertiary/aromatic N) is 1. The van der Waals surface area contributed by atoms with Crippen LogP contribution in [0.2, 0.25) is 0 Å². The monoisotopic (exact) mass is 266 g/mol. The van der Waals surface area contributed by atoms with Crippen LogP contribution in [0.1, 0.15) is 31.0 Å². The van der Waals surface area contributed by atoms with Crippen LogP contribution in [0, 0.1) is 0 Å². The van der Waals surface area contributed by atoms with E-state index in [0.29, 0.717) is 6.42 Å². The molecule has 0 bridgehead atoms. The first-order valence-electron chi connectivity index (χ1n) is 5.20. The molecule has 0 fully saturated rings. The van der Waals surface area contributed by atoms with Crippen molar-refractivity contribution in [3.05, 3.63) is 23.4 Å². The summed E-state index contributed by atoms with van der Waals surface area (Å²) in [5, 5.41) is 0. The third-order valence-electron chi connectivity index (χ3n) is 2.20. The van der Waals surface area contributed by atoms with Gasteiger partial charge in [0.25, 0.3) is 6.43 Å². The topological polar surface area (TPSA) is 48.1 Å². The molecule has 2 N–H and O–H groups in total. The van der Waals surface area contributed by atoms with E-state index in [9.17, 15) is 8.78 Å². The standard InChI is InChI=1S/C11H16F2N2O.ClH/c1-3-8-4-9(7(2)14)5-15-11(8)16-6-10(12)13;/h4-5,7,10H,3,6,14H2,1-2H3;1H. The number of hydrogen-bond donors (Lipinski definition) is 1. The zero-order valence-electron chi connectivity index (χ0n) is 9.82. The number of nitrogens with two attached hydrogens (primary N) is 1. The second-order valence-electron chi connectivity index (χ2n) is 3.58. The van der Waals surface area contributed by atoms with Gasteiger partial charge in [0.2, 0.25) is 5.88 Å². The fraction of sp³-hybridized carbons (Fsp3) is 0.545. The Bertz CT molecular complexity index is 348. The predicted molar refractivity (Wildman–Crippen MR) is 65.0 cm³/mol. The summed E-state index contributed by atoms with van der Waals surface area (Å²) in [6.07, 6.45) is -0.254. The van der Waals surface area contributed by atoms with Gasteiger partial charge in [-0.25, -0.2) is 13.8 Å². The molecular formula is C11H17ClF2N2O. The van der Waals surface area contributed by atoms with Crippen LogP contribution < -0.4 is 10.5 Å². The van der Waals surface area contributed by atoms with Crippen molar-refractivity contribution in [2.75, 3.05) is 6.61 Å². The van der Waals surface area contributed by atoms with Crippen molar-refractivity contribution in [2.24, 2.45) is 5.73 Å². The van der Waals surface area contributed by atoms with Gasteiger partial charge in [0.05, 0.1) is 0 Å². The number of aromatic nitrogens is 1. The van der Waals surface area contributed by atoms with Crippen LogP contribution in [0.4, 0.5) is 8.78 Å². The quantitative estimate of drug-likeness (QED) is 0.891. The fourth-order valence-electron chi connectivity index (χ4n) is 1.29. The summed E-state index contributed by atoms with van der Waals surface area (Å²) in [6, 6.07) is 1.72. The van der Waals surface area contributed by atoms with E-state index >= 15 is 0 Å². The van der Waals surface area contributed by atoms with Crippen LogP contribution in [0.3, 0.4) is 0 Å². The molecule has 6 heteroatoms. The van der Waals surface area contributed by atoms with Gasteiger partial charge in [0.1, 0.15) is 0 Å². The van der Waals surface area contributed by atoms with Gasteiger partial charge < -0.3 is 10.5 Å². The molecular weight excluding hydrogens is 250 g/mol. The molecule has 0 aromatic carbocycles. The molecule has 1 aromatic heterocycles. The van der Waals surface area contributed by atoms with E-state index in [1.807, 2.05) is 19.9 Å². The fourth-order valence-corrected chi connectivity index (χ4v) is 1.29. The van der Waals surface area contributed by atoms with Crippen LogP contribution in [-0.2, 0) is 6.42 Å². The summed E-state index contributed by atoms with van der Waals surface area (Å²) in [5.41, 5.74) is 7.39. The predicted octanol–water partition coefficient (Wildman–Crippen LogP) is 2.73. The molecule has 17 heavy (non-hydrogen) atoms. The van der Waals surface area contributed by atoms with Crippen molar-refractivity contribution < 1.29 is 13.5 Å². The van der Waals surface area contributed by atoms with Gasteiger partial charge in [0, 0.05) is 17.8 Å². The van der Waals surface area contributed by atoms with Crippen LogP contribution >= 0.6 is 12.4 Å². The zero-order valence-corrected chi connectivity index (χ0v) is 10.6. The summed E-state index contributed by atoms with van der Waals surface area (Å²) in [4.78, 5) is 4.01. The second-order valence-corrected chi connectivity index (χ2v) is 3.58.